The fourth-order valence-electron chi connectivity index (χ4n) is 4.85. The van der Waals surface area contributed by atoms with Gasteiger partial charge in [-0.05, 0) is 22.3 Å². The van der Waals surface area contributed by atoms with E-state index >= 15 is 0 Å². The number of benzene rings is 4. The molecule has 0 amide bonds. The minimum atomic E-state index is -0.274. The topological polar surface area (TPSA) is 49.0 Å². The third kappa shape index (κ3) is 8.33. The molecule has 1 heterocycles. The molecule has 5 nitrogen and oxygen atoms in total. The lowest BCUT2D eigenvalue weighted by molar-refractivity contribution is -0.181. The number of hydrogen-bond donors (Lipinski definition) is 1. The van der Waals surface area contributed by atoms with Gasteiger partial charge in [0.05, 0.1) is 45.2 Å². The molecule has 0 aliphatic carbocycles. The van der Waals surface area contributed by atoms with Gasteiger partial charge in [0.1, 0.15) is 12.2 Å². The van der Waals surface area contributed by atoms with Crippen LogP contribution in [0.3, 0.4) is 0 Å². The molecule has 4 aromatic carbocycles. The molecule has 4 atom stereocenters. The van der Waals surface area contributed by atoms with E-state index in [1.807, 2.05) is 72.8 Å². The molecule has 1 fully saturated rings. The van der Waals surface area contributed by atoms with Gasteiger partial charge in [-0.3, -0.25) is 0 Å². The second-order valence-corrected chi connectivity index (χ2v) is 9.87. The lowest BCUT2D eigenvalue weighted by Gasteiger charge is -2.43. The molecule has 1 aliphatic heterocycles. The van der Waals surface area contributed by atoms with Gasteiger partial charge in [-0.15, -0.1) is 0 Å². The average Bonchev–Trinajstić information content (AvgIpc) is 3.00. The van der Waals surface area contributed by atoms with Crippen LogP contribution in [0.1, 0.15) is 22.3 Å². The molecule has 1 aliphatic rings. The molecule has 0 radical (unpaired) electrons. The van der Waals surface area contributed by atoms with Gasteiger partial charge in [-0.2, -0.15) is 0 Å². The van der Waals surface area contributed by atoms with E-state index in [9.17, 15) is 0 Å². The van der Waals surface area contributed by atoms with Crippen LogP contribution in [0.4, 0.5) is 0 Å². The number of ether oxygens (including phenoxy) is 4. The highest BCUT2D eigenvalue weighted by Gasteiger charge is 2.42. The van der Waals surface area contributed by atoms with Crippen LogP contribution in [0.5, 0.6) is 0 Å². The van der Waals surface area contributed by atoms with Crippen molar-refractivity contribution in [1.82, 2.24) is 5.32 Å². The molecule has 1 saturated heterocycles. The number of hydrogen-bond acceptors (Lipinski definition) is 5. The van der Waals surface area contributed by atoms with Crippen LogP contribution in [0.2, 0.25) is 0 Å². The van der Waals surface area contributed by atoms with E-state index in [0.717, 1.165) is 22.3 Å². The van der Waals surface area contributed by atoms with Crippen LogP contribution in [-0.4, -0.2) is 37.5 Å². The number of nitrogens with one attached hydrogen (secondary N) is 1. The molecule has 5 heteroatoms. The summed E-state index contributed by atoms with van der Waals surface area (Å²) < 4.78 is 25.9. The maximum atomic E-state index is 6.62. The number of piperidine rings is 1. The minimum Gasteiger partial charge on any atom is -0.375 e. The Hall–Kier alpha value is -3.32. The highest BCUT2D eigenvalue weighted by atomic mass is 16.6. The van der Waals surface area contributed by atoms with Crippen molar-refractivity contribution in [1.29, 1.82) is 0 Å². The average molecular weight is 524 g/mol. The van der Waals surface area contributed by atoms with E-state index in [0.29, 0.717) is 39.6 Å². The molecule has 3 unspecified atom stereocenters. The SMILES string of the molecule is c1ccc(COCC2NCC(OCc3ccccc3)C(OCc3ccccc3)[C@@H]2OCc2ccccc2)cc1. The molecular formula is C34H37NO4. The zero-order valence-corrected chi connectivity index (χ0v) is 22.2. The van der Waals surface area contributed by atoms with Gasteiger partial charge in [0.25, 0.3) is 0 Å². The Morgan fingerprint density at radius 3 is 1.38 bits per heavy atom. The second-order valence-electron chi connectivity index (χ2n) is 9.87. The summed E-state index contributed by atoms with van der Waals surface area (Å²) in [5, 5.41) is 3.65. The van der Waals surface area contributed by atoms with Crippen LogP contribution >= 0.6 is 0 Å². The van der Waals surface area contributed by atoms with Crippen LogP contribution in [0.25, 0.3) is 0 Å². The zero-order chi connectivity index (χ0) is 26.5. The first-order valence-corrected chi connectivity index (χ1v) is 13.7. The monoisotopic (exact) mass is 523 g/mol. The van der Waals surface area contributed by atoms with Gasteiger partial charge >= 0.3 is 0 Å². The van der Waals surface area contributed by atoms with Gasteiger partial charge < -0.3 is 24.3 Å². The standard InChI is InChI=1S/C34H37NO4/c1-5-13-27(14-6-1)22-36-26-31-33(38-24-29-17-9-3-10-18-29)34(39-25-30-19-11-4-12-20-30)32(21-35-31)37-23-28-15-7-2-8-16-28/h1-20,31-35H,21-26H2/t31?,32?,33-,34?/m1/s1. The molecule has 1 N–H and O–H groups in total. The molecule has 4 aromatic rings. The van der Waals surface area contributed by atoms with E-state index in [2.05, 4.69) is 53.8 Å². The first-order valence-electron chi connectivity index (χ1n) is 13.7. The molecule has 0 bridgehead atoms. The van der Waals surface area contributed by atoms with Crippen molar-refractivity contribution in [2.45, 2.75) is 50.8 Å². The van der Waals surface area contributed by atoms with Gasteiger partial charge in [-0.25, -0.2) is 0 Å². The van der Waals surface area contributed by atoms with E-state index in [4.69, 9.17) is 18.9 Å². The summed E-state index contributed by atoms with van der Waals surface area (Å²) in [6.45, 7) is 3.19. The summed E-state index contributed by atoms with van der Waals surface area (Å²) in [7, 11) is 0. The van der Waals surface area contributed by atoms with E-state index in [-0.39, 0.29) is 24.4 Å². The highest BCUT2D eigenvalue weighted by molar-refractivity contribution is 5.16. The van der Waals surface area contributed by atoms with Crippen molar-refractivity contribution in [3.63, 3.8) is 0 Å². The maximum absolute atomic E-state index is 6.62. The van der Waals surface area contributed by atoms with Crippen molar-refractivity contribution < 1.29 is 18.9 Å². The molecule has 0 spiro atoms. The Bertz CT molecular complexity index is 1210. The lowest BCUT2D eigenvalue weighted by Crippen LogP contribution is -2.63. The van der Waals surface area contributed by atoms with Crippen LogP contribution in [0.15, 0.2) is 121 Å². The summed E-state index contributed by atoms with van der Waals surface area (Å²) in [5.74, 6) is 0. The van der Waals surface area contributed by atoms with E-state index in [1.54, 1.807) is 0 Å². The molecule has 202 valence electrons. The summed E-state index contributed by atoms with van der Waals surface area (Å²) in [6, 6.07) is 41.0. The summed E-state index contributed by atoms with van der Waals surface area (Å²) in [6.07, 6.45) is -0.719. The van der Waals surface area contributed by atoms with Gasteiger partial charge in [0.2, 0.25) is 0 Å². The normalized spacial score (nSPS) is 21.0. The van der Waals surface area contributed by atoms with Crippen molar-refractivity contribution >= 4 is 0 Å². The molecule has 39 heavy (non-hydrogen) atoms. The van der Waals surface area contributed by atoms with Crippen molar-refractivity contribution in [3.8, 4) is 0 Å². The lowest BCUT2D eigenvalue weighted by atomic mass is 9.95. The first kappa shape index (κ1) is 27.3. The first-order chi connectivity index (χ1) is 19.3. The van der Waals surface area contributed by atoms with Gasteiger partial charge in [-0.1, -0.05) is 121 Å². The Labute approximate surface area is 231 Å². The smallest absolute Gasteiger partial charge is 0.113 e. The van der Waals surface area contributed by atoms with Crippen molar-refractivity contribution in [3.05, 3.63) is 144 Å². The summed E-state index contributed by atoms with van der Waals surface area (Å²) >= 11 is 0. The Morgan fingerprint density at radius 1 is 0.487 bits per heavy atom. The summed E-state index contributed by atoms with van der Waals surface area (Å²) in [4.78, 5) is 0. The molecular weight excluding hydrogens is 486 g/mol. The van der Waals surface area contributed by atoms with Crippen molar-refractivity contribution in [2.75, 3.05) is 13.2 Å². The van der Waals surface area contributed by atoms with E-state index < -0.39 is 0 Å². The predicted octanol–water partition coefficient (Wildman–Crippen LogP) is 5.93. The number of rotatable bonds is 13. The quantitative estimate of drug-likeness (QED) is 0.235. The highest BCUT2D eigenvalue weighted by Crippen LogP contribution is 2.24. The third-order valence-corrected chi connectivity index (χ3v) is 6.95. The third-order valence-electron chi connectivity index (χ3n) is 6.95. The van der Waals surface area contributed by atoms with E-state index in [1.165, 1.54) is 0 Å². The largest absolute Gasteiger partial charge is 0.375 e. The fraction of sp³-hybridized carbons (Fsp3) is 0.294. The Balaban J connectivity index is 1.32. The van der Waals surface area contributed by atoms with Crippen LogP contribution in [-0.2, 0) is 45.4 Å². The molecule has 0 aromatic heterocycles. The zero-order valence-electron chi connectivity index (χ0n) is 22.2. The van der Waals surface area contributed by atoms with Gasteiger partial charge in [0.15, 0.2) is 0 Å². The molecule has 5 rings (SSSR count). The predicted molar refractivity (Wildman–Crippen MR) is 153 cm³/mol. The van der Waals surface area contributed by atoms with Crippen LogP contribution < -0.4 is 5.32 Å². The Kier molecular flexibility index (Phi) is 10.3. The fourth-order valence-corrected chi connectivity index (χ4v) is 4.85. The molecule has 0 saturated carbocycles. The maximum Gasteiger partial charge on any atom is 0.113 e. The van der Waals surface area contributed by atoms with Crippen molar-refractivity contribution in [2.24, 2.45) is 0 Å². The Morgan fingerprint density at radius 2 is 0.897 bits per heavy atom. The second kappa shape index (κ2) is 14.7. The van der Waals surface area contributed by atoms with Gasteiger partial charge in [0, 0.05) is 6.54 Å². The minimum absolute atomic E-state index is 0.0465. The summed E-state index contributed by atoms with van der Waals surface area (Å²) in [5.41, 5.74) is 4.53. The van der Waals surface area contributed by atoms with Crippen LogP contribution in [0, 0.1) is 0 Å².